The van der Waals surface area contributed by atoms with Crippen LogP contribution in [-0.4, -0.2) is 32.9 Å². The predicted molar refractivity (Wildman–Crippen MR) is 136 cm³/mol. The summed E-state index contributed by atoms with van der Waals surface area (Å²) in [6.07, 6.45) is 2.41. The first-order chi connectivity index (χ1) is 16.7. The number of anilines is 2. The number of sulfonamides is 1. The van der Waals surface area contributed by atoms with Crippen molar-refractivity contribution in [2.24, 2.45) is 0 Å². The Hall–Kier alpha value is -3.91. The fraction of sp³-hybridized carbons (Fsp3) is 0.185. The first-order valence-electron chi connectivity index (χ1n) is 11.2. The summed E-state index contributed by atoms with van der Waals surface area (Å²) in [4.78, 5) is 24.6. The van der Waals surface area contributed by atoms with E-state index in [-0.39, 0.29) is 4.90 Å². The van der Waals surface area contributed by atoms with Crippen molar-refractivity contribution in [1.82, 2.24) is 0 Å². The second kappa shape index (κ2) is 10.1. The molecule has 3 aromatic carbocycles. The molecule has 1 N–H and O–H groups in total. The van der Waals surface area contributed by atoms with Gasteiger partial charge in [-0.25, -0.2) is 13.2 Å². The molecule has 1 aliphatic heterocycles. The number of para-hydroxylation sites is 1. The molecule has 180 valence electrons. The maximum absolute atomic E-state index is 13.1. The number of esters is 1. The minimum absolute atomic E-state index is 0.176. The van der Waals surface area contributed by atoms with Gasteiger partial charge in [0.2, 0.25) is 0 Å². The van der Waals surface area contributed by atoms with Crippen LogP contribution in [0.4, 0.5) is 11.4 Å². The summed E-state index contributed by atoms with van der Waals surface area (Å²) >= 11 is 0. The lowest BCUT2D eigenvalue weighted by molar-refractivity contribution is -0.148. The summed E-state index contributed by atoms with van der Waals surface area (Å²) in [6, 6.07) is 21.0. The van der Waals surface area contributed by atoms with Crippen molar-refractivity contribution in [3.63, 3.8) is 0 Å². The highest BCUT2D eigenvalue weighted by molar-refractivity contribution is 7.92. The summed E-state index contributed by atoms with van der Waals surface area (Å²) in [5.41, 5.74) is 4.03. The van der Waals surface area contributed by atoms with E-state index in [0.717, 1.165) is 11.1 Å². The predicted octanol–water partition coefficient (Wildman–Crippen LogP) is 4.33. The molecule has 1 atom stereocenters. The number of aryl methyl sites for hydroxylation is 1. The van der Waals surface area contributed by atoms with Crippen LogP contribution >= 0.6 is 0 Å². The highest BCUT2D eigenvalue weighted by atomic mass is 32.2. The summed E-state index contributed by atoms with van der Waals surface area (Å²) in [6.45, 7) is 3.84. The van der Waals surface area contributed by atoms with Gasteiger partial charge in [-0.3, -0.25) is 9.10 Å². The fourth-order valence-electron chi connectivity index (χ4n) is 3.75. The van der Waals surface area contributed by atoms with Gasteiger partial charge in [0.05, 0.1) is 10.6 Å². The van der Waals surface area contributed by atoms with Crippen LogP contribution in [0.1, 0.15) is 23.6 Å². The lowest BCUT2D eigenvalue weighted by atomic mass is 10.2. The average Bonchev–Trinajstić information content (AvgIpc) is 3.29. The lowest BCUT2D eigenvalue weighted by Crippen LogP contribution is -2.29. The van der Waals surface area contributed by atoms with E-state index in [1.165, 1.54) is 35.5 Å². The molecule has 0 spiro atoms. The van der Waals surface area contributed by atoms with Crippen LogP contribution < -0.4 is 9.62 Å². The van der Waals surface area contributed by atoms with E-state index < -0.39 is 28.0 Å². The standard InChI is InChI=1S/C27H26N2O5S/c1-19-7-12-23(13-8-19)28-27(31)20(2)34-26(30)16-11-21-9-14-24(15-10-21)35(32,33)29-18-17-22-5-3-4-6-25(22)29/h3-16,20H,17-18H2,1-2H3,(H,28,31)/b16-11+. The van der Waals surface area contributed by atoms with Crippen LogP contribution in [0.15, 0.2) is 83.8 Å². The molecule has 4 rings (SSSR count). The van der Waals surface area contributed by atoms with Gasteiger partial charge in [0, 0.05) is 18.3 Å². The second-order valence-corrected chi connectivity index (χ2v) is 10.2. The topological polar surface area (TPSA) is 92.8 Å². The van der Waals surface area contributed by atoms with E-state index in [1.807, 2.05) is 43.3 Å². The lowest BCUT2D eigenvalue weighted by Gasteiger charge is -2.19. The largest absolute Gasteiger partial charge is 0.449 e. The Morgan fingerprint density at radius 1 is 1.00 bits per heavy atom. The number of benzene rings is 3. The summed E-state index contributed by atoms with van der Waals surface area (Å²) < 4.78 is 32.8. The number of carbonyl (C=O) groups is 2. The smallest absolute Gasteiger partial charge is 0.331 e. The molecule has 0 bridgehead atoms. The number of ether oxygens (including phenoxy) is 1. The zero-order valence-corrected chi connectivity index (χ0v) is 20.3. The molecule has 0 saturated carbocycles. The van der Waals surface area contributed by atoms with Crippen LogP contribution in [0.3, 0.4) is 0 Å². The molecule has 0 aliphatic carbocycles. The van der Waals surface area contributed by atoms with Crippen LogP contribution in [0.25, 0.3) is 6.08 Å². The molecule has 35 heavy (non-hydrogen) atoms. The fourth-order valence-corrected chi connectivity index (χ4v) is 5.25. The maximum atomic E-state index is 13.1. The van der Waals surface area contributed by atoms with E-state index in [9.17, 15) is 18.0 Å². The quantitative estimate of drug-likeness (QED) is 0.393. The molecule has 1 heterocycles. The van der Waals surface area contributed by atoms with Gasteiger partial charge < -0.3 is 10.1 Å². The van der Waals surface area contributed by atoms with Crippen molar-refractivity contribution >= 4 is 39.4 Å². The number of hydrogen-bond acceptors (Lipinski definition) is 5. The highest BCUT2D eigenvalue weighted by Gasteiger charge is 2.30. The van der Waals surface area contributed by atoms with Crippen molar-refractivity contribution in [2.75, 3.05) is 16.2 Å². The molecular weight excluding hydrogens is 464 g/mol. The van der Waals surface area contributed by atoms with Gasteiger partial charge in [-0.2, -0.15) is 0 Å². The van der Waals surface area contributed by atoms with E-state index in [4.69, 9.17) is 4.74 Å². The van der Waals surface area contributed by atoms with Crippen LogP contribution in [-0.2, 0) is 30.8 Å². The van der Waals surface area contributed by atoms with E-state index >= 15 is 0 Å². The molecule has 1 amide bonds. The molecule has 0 saturated heterocycles. The highest BCUT2D eigenvalue weighted by Crippen LogP contribution is 2.32. The minimum Gasteiger partial charge on any atom is -0.449 e. The number of nitrogens with one attached hydrogen (secondary N) is 1. The van der Waals surface area contributed by atoms with Crippen LogP contribution in [0.5, 0.6) is 0 Å². The monoisotopic (exact) mass is 490 g/mol. The van der Waals surface area contributed by atoms with Gasteiger partial charge in [-0.05, 0) is 67.8 Å². The number of carbonyl (C=O) groups excluding carboxylic acids is 2. The summed E-state index contributed by atoms with van der Waals surface area (Å²) in [5.74, 6) is -1.12. The normalized spacial score (nSPS) is 13.9. The number of amides is 1. The number of nitrogens with zero attached hydrogens (tertiary/aromatic N) is 1. The molecule has 0 aromatic heterocycles. The first kappa shape index (κ1) is 24.2. The third kappa shape index (κ3) is 5.60. The van der Waals surface area contributed by atoms with Crippen molar-refractivity contribution in [1.29, 1.82) is 0 Å². The Balaban J connectivity index is 1.35. The molecular formula is C27H26N2O5S. The average molecular weight is 491 g/mol. The molecule has 8 heteroatoms. The van der Waals surface area contributed by atoms with Gasteiger partial charge in [0.1, 0.15) is 0 Å². The molecule has 0 fully saturated rings. The zero-order valence-electron chi connectivity index (χ0n) is 19.5. The molecule has 3 aromatic rings. The third-order valence-corrected chi connectivity index (χ3v) is 7.53. The molecule has 1 unspecified atom stereocenters. The number of fused-ring (bicyclic) bond motifs is 1. The zero-order chi connectivity index (χ0) is 25.0. The molecule has 1 aliphatic rings. The van der Waals surface area contributed by atoms with Crippen molar-refractivity contribution in [3.8, 4) is 0 Å². The van der Waals surface area contributed by atoms with E-state index in [2.05, 4.69) is 5.32 Å². The Labute approximate surface area is 205 Å². The Morgan fingerprint density at radius 2 is 1.69 bits per heavy atom. The van der Waals surface area contributed by atoms with Gasteiger partial charge >= 0.3 is 5.97 Å². The van der Waals surface area contributed by atoms with Crippen LogP contribution in [0.2, 0.25) is 0 Å². The third-order valence-electron chi connectivity index (χ3n) is 5.71. The van der Waals surface area contributed by atoms with Gasteiger partial charge in [0.15, 0.2) is 6.10 Å². The Morgan fingerprint density at radius 3 is 2.40 bits per heavy atom. The van der Waals surface area contributed by atoms with Crippen LogP contribution in [0, 0.1) is 6.92 Å². The molecule has 0 radical (unpaired) electrons. The number of hydrogen-bond donors (Lipinski definition) is 1. The Kier molecular flexibility index (Phi) is 7.02. The van der Waals surface area contributed by atoms with Gasteiger partial charge in [0.25, 0.3) is 15.9 Å². The maximum Gasteiger partial charge on any atom is 0.331 e. The van der Waals surface area contributed by atoms with Gasteiger partial charge in [-0.1, -0.05) is 48.0 Å². The summed E-state index contributed by atoms with van der Waals surface area (Å²) in [7, 11) is -3.68. The Bertz CT molecular complexity index is 1360. The van der Waals surface area contributed by atoms with Crippen molar-refractivity contribution in [3.05, 3.63) is 95.6 Å². The number of rotatable bonds is 7. The van der Waals surface area contributed by atoms with Crippen molar-refractivity contribution in [2.45, 2.75) is 31.3 Å². The second-order valence-electron chi connectivity index (χ2n) is 8.29. The molecule has 7 nitrogen and oxygen atoms in total. The van der Waals surface area contributed by atoms with E-state index in [1.54, 1.807) is 24.3 Å². The van der Waals surface area contributed by atoms with E-state index in [0.29, 0.717) is 29.9 Å². The SMILES string of the molecule is Cc1ccc(NC(=O)C(C)OC(=O)/C=C/c2ccc(S(=O)(=O)N3CCc4ccccc43)cc2)cc1. The van der Waals surface area contributed by atoms with Crippen molar-refractivity contribution < 1.29 is 22.7 Å². The van der Waals surface area contributed by atoms with Gasteiger partial charge in [-0.15, -0.1) is 0 Å². The summed E-state index contributed by atoms with van der Waals surface area (Å²) in [5, 5.41) is 2.70. The minimum atomic E-state index is -3.68. The first-order valence-corrected chi connectivity index (χ1v) is 12.6.